The maximum Gasteiger partial charge on any atom is 0.311 e. The van der Waals surface area contributed by atoms with Crippen LogP contribution in [0.5, 0.6) is 11.5 Å². The SMILES string of the molecule is COc1ccnc(C(=O)N[C@@H](CC=O)C(=O)C(=O)[C@@H](C)[C@H](CC(C)C(=O)O)[C@@H](C=O)Cc2ccccc2)c1OCOC(=O)C(C)C. The fourth-order valence-electron chi connectivity index (χ4n) is 4.80. The van der Waals surface area contributed by atoms with Crippen LogP contribution in [0.25, 0.3) is 0 Å². The monoisotopic (exact) mass is 640 g/mol. The predicted octanol–water partition coefficient (Wildman–Crippen LogP) is 2.87. The number of Topliss-reactive ketones (excluding diaryl/α,β-unsaturated/α-hetero) is 2. The Morgan fingerprint density at radius 3 is 2.22 bits per heavy atom. The van der Waals surface area contributed by atoms with Gasteiger partial charge >= 0.3 is 11.9 Å². The molecular formula is C33H40N2O11. The summed E-state index contributed by atoms with van der Waals surface area (Å²) in [5, 5.41) is 11.9. The van der Waals surface area contributed by atoms with Gasteiger partial charge in [-0.2, -0.15) is 0 Å². The van der Waals surface area contributed by atoms with Crippen LogP contribution in [0.4, 0.5) is 0 Å². The van der Waals surface area contributed by atoms with Crippen LogP contribution in [-0.2, 0) is 39.9 Å². The summed E-state index contributed by atoms with van der Waals surface area (Å²) in [6, 6.07) is 8.72. The third-order valence-corrected chi connectivity index (χ3v) is 7.52. The Bertz CT molecular complexity index is 1390. The Balaban J connectivity index is 2.34. The minimum absolute atomic E-state index is 0.0532. The van der Waals surface area contributed by atoms with Gasteiger partial charge in [-0.15, -0.1) is 0 Å². The van der Waals surface area contributed by atoms with Crippen molar-refractivity contribution in [1.29, 1.82) is 0 Å². The third kappa shape index (κ3) is 10.3. The van der Waals surface area contributed by atoms with Gasteiger partial charge in [0.15, 0.2) is 17.2 Å². The topological polar surface area (TPSA) is 192 Å². The molecule has 1 amide bonds. The summed E-state index contributed by atoms with van der Waals surface area (Å²) in [7, 11) is 1.30. The maximum absolute atomic E-state index is 13.6. The molecule has 1 aromatic carbocycles. The van der Waals surface area contributed by atoms with Crippen LogP contribution in [0.15, 0.2) is 42.6 Å². The van der Waals surface area contributed by atoms with Crippen molar-refractivity contribution in [3.63, 3.8) is 0 Å². The Hall–Kier alpha value is -4.94. The number of aromatic nitrogens is 1. The van der Waals surface area contributed by atoms with E-state index in [4.69, 9.17) is 14.2 Å². The summed E-state index contributed by atoms with van der Waals surface area (Å²) < 4.78 is 15.7. The first-order valence-corrected chi connectivity index (χ1v) is 14.7. The molecule has 2 N–H and O–H groups in total. The number of pyridine rings is 1. The van der Waals surface area contributed by atoms with Gasteiger partial charge in [-0.3, -0.25) is 24.0 Å². The van der Waals surface area contributed by atoms with E-state index in [1.807, 2.05) is 0 Å². The highest BCUT2D eigenvalue weighted by Gasteiger charge is 2.39. The van der Waals surface area contributed by atoms with E-state index >= 15 is 0 Å². The molecule has 0 aliphatic carbocycles. The van der Waals surface area contributed by atoms with Crippen LogP contribution < -0.4 is 14.8 Å². The number of aliphatic carboxylic acids is 1. The van der Waals surface area contributed by atoms with Crippen molar-refractivity contribution in [2.75, 3.05) is 13.9 Å². The first-order chi connectivity index (χ1) is 21.9. The zero-order valence-electron chi connectivity index (χ0n) is 26.5. The van der Waals surface area contributed by atoms with Crippen molar-refractivity contribution in [1.82, 2.24) is 10.3 Å². The number of amides is 1. The molecule has 1 aromatic heterocycles. The van der Waals surface area contributed by atoms with Gasteiger partial charge in [0.1, 0.15) is 18.6 Å². The lowest BCUT2D eigenvalue weighted by Crippen LogP contribution is -2.47. The van der Waals surface area contributed by atoms with Gasteiger partial charge in [-0.25, -0.2) is 4.98 Å². The number of hydrogen-bond donors (Lipinski definition) is 2. The number of carboxylic acid groups (broad SMARTS) is 1. The quantitative estimate of drug-likeness (QED) is 0.0932. The van der Waals surface area contributed by atoms with Gasteiger partial charge in [0.2, 0.25) is 18.4 Å². The number of methoxy groups -OCH3 is 1. The number of hydrogen-bond acceptors (Lipinski definition) is 11. The van der Waals surface area contributed by atoms with Crippen molar-refractivity contribution in [2.45, 2.75) is 53.0 Å². The summed E-state index contributed by atoms with van der Waals surface area (Å²) in [4.78, 5) is 91.7. The number of nitrogens with one attached hydrogen (secondary N) is 1. The first-order valence-electron chi connectivity index (χ1n) is 14.7. The fraction of sp³-hybridized carbons (Fsp3) is 0.455. The van der Waals surface area contributed by atoms with E-state index in [-0.39, 0.29) is 30.0 Å². The molecule has 5 atom stereocenters. The summed E-state index contributed by atoms with van der Waals surface area (Å²) >= 11 is 0. The highest BCUT2D eigenvalue weighted by Crippen LogP contribution is 2.32. The molecule has 0 saturated heterocycles. The number of aldehydes is 2. The van der Waals surface area contributed by atoms with Crippen LogP contribution in [0.3, 0.4) is 0 Å². The van der Waals surface area contributed by atoms with Gasteiger partial charge in [0, 0.05) is 30.5 Å². The maximum atomic E-state index is 13.6. The molecule has 2 aromatic rings. The fourth-order valence-corrected chi connectivity index (χ4v) is 4.80. The molecule has 13 nitrogen and oxygen atoms in total. The number of esters is 1. The Kier molecular flexibility index (Phi) is 14.7. The normalized spacial score (nSPS) is 14.1. The lowest BCUT2D eigenvalue weighted by molar-refractivity contribution is -0.154. The molecule has 0 aliphatic heterocycles. The van der Waals surface area contributed by atoms with E-state index in [0.29, 0.717) is 12.6 Å². The van der Waals surface area contributed by atoms with Crippen molar-refractivity contribution in [3.8, 4) is 11.5 Å². The Morgan fingerprint density at radius 2 is 1.65 bits per heavy atom. The van der Waals surface area contributed by atoms with E-state index in [9.17, 15) is 38.7 Å². The van der Waals surface area contributed by atoms with Gasteiger partial charge in [0.05, 0.1) is 18.9 Å². The molecule has 1 unspecified atom stereocenters. The van der Waals surface area contributed by atoms with Crippen molar-refractivity contribution >= 4 is 42.0 Å². The van der Waals surface area contributed by atoms with Crippen molar-refractivity contribution in [3.05, 3.63) is 53.9 Å². The lowest BCUT2D eigenvalue weighted by Gasteiger charge is -2.30. The molecule has 46 heavy (non-hydrogen) atoms. The molecule has 248 valence electrons. The smallest absolute Gasteiger partial charge is 0.311 e. The average molecular weight is 641 g/mol. The molecule has 0 saturated carbocycles. The minimum Gasteiger partial charge on any atom is -0.493 e. The Labute approximate surface area is 267 Å². The second-order valence-corrected chi connectivity index (χ2v) is 11.1. The predicted molar refractivity (Wildman–Crippen MR) is 163 cm³/mol. The molecule has 13 heteroatoms. The first kappa shape index (κ1) is 37.2. The molecule has 2 rings (SSSR count). The Morgan fingerprint density at radius 1 is 0.978 bits per heavy atom. The number of carbonyl (C=O) groups excluding carboxylic acids is 6. The van der Waals surface area contributed by atoms with Crippen LogP contribution >= 0.6 is 0 Å². The van der Waals surface area contributed by atoms with Crippen LogP contribution in [0.1, 0.15) is 56.6 Å². The van der Waals surface area contributed by atoms with Crippen LogP contribution in [0, 0.1) is 29.6 Å². The summed E-state index contributed by atoms with van der Waals surface area (Å²) in [6.45, 7) is 5.53. The van der Waals surface area contributed by atoms with Gasteiger partial charge < -0.3 is 34.2 Å². The van der Waals surface area contributed by atoms with Crippen LogP contribution in [-0.4, -0.2) is 72.0 Å². The van der Waals surface area contributed by atoms with Gasteiger partial charge in [0.25, 0.3) is 5.91 Å². The standard InChI is InChI=1S/C33H40N2O11/c1-19(2)33(43)46-18-45-30-26(44-5)11-13-34-27(30)31(40)35-25(12-14-36)29(39)28(38)21(4)24(15-20(3)32(41)42)23(17-37)16-22-9-7-6-8-10-22/h6-11,13-14,17,19-21,23-25H,12,15-16,18H2,1-5H3,(H,35,40)(H,41,42)/t20?,21-,23+,24-,25-/m0/s1. The van der Waals surface area contributed by atoms with Gasteiger partial charge in [-0.1, -0.05) is 58.0 Å². The van der Waals surface area contributed by atoms with Crippen molar-refractivity contribution < 1.29 is 52.9 Å². The molecule has 1 heterocycles. The molecular weight excluding hydrogens is 600 g/mol. The number of benzene rings is 1. The van der Waals surface area contributed by atoms with E-state index in [1.165, 1.54) is 33.2 Å². The number of nitrogens with zero attached hydrogens (tertiary/aromatic N) is 1. The molecule has 0 bridgehead atoms. The number of ketones is 2. The van der Waals surface area contributed by atoms with Gasteiger partial charge in [-0.05, 0) is 24.3 Å². The zero-order valence-corrected chi connectivity index (χ0v) is 26.5. The molecule has 0 aliphatic rings. The minimum atomic E-state index is -1.61. The van der Waals surface area contributed by atoms with Crippen molar-refractivity contribution in [2.24, 2.45) is 29.6 Å². The lowest BCUT2D eigenvalue weighted by atomic mass is 9.73. The number of rotatable bonds is 20. The second kappa shape index (κ2) is 18.1. The van der Waals surface area contributed by atoms with Crippen LogP contribution in [0.2, 0.25) is 0 Å². The summed E-state index contributed by atoms with van der Waals surface area (Å²) in [6.07, 6.45) is 1.80. The summed E-state index contributed by atoms with van der Waals surface area (Å²) in [5.41, 5.74) is 0.411. The molecule has 0 radical (unpaired) electrons. The average Bonchev–Trinajstić information content (AvgIpc) is 3.05. The van der Waals surface area contributed by atoms with E-state index in [1.54, 1.807) is 44.2 Å². The largest absolute Gasteiger partial charge is 0.493 e. The molecule has 0 fully saturated rings. The van der Waals surface area contributed by atoms with E-state index in [0.717, 1.165) is 5.56 Å². The number of ether oxygens (including phenoxy) is 3. The summed E-state index contributed by atoms with van der Waals surface area (Å²) in [5.74, 6) is -9.09. The van der Waals surface area contributed by atoms with E-state index < -0.39 is 78.3 Å². The van der Waals surface area contributed by atoms with E-state index in [2.05, 4.69) is 10.3 Å². The number of carboxylic acids is 1. The number of carbonyl (C=O) groups is 7. The third-order valence-electron chi connectivity index (χ3n) is 7.52. The zero-order chi connectivity index (χ0) is 34.4. The highest BCUT2D eigenvalue weighted by molar-refractivity contribution is 6.40. The second-order valence-electron chi connectivity index (χ2n) is 11.1. The highest BCUT2D eigenvalue weighted by atomic mass is 16.7. The molecule has 0 spiro atoms.